The highest BCUT2D eigenvalue weighted by Gasteiger charge is 2.38. The predicted molar refractivity (Wildman–Crippen MR) is 64.1 cm³/mol. The second-order valence-corrected chi connectivity index (χ2v) is 6.23. The summed E-state index contributed by atoms with van der Waals surface area (Å²) < 4.78 is 0. The zero-order valence-corrected chi connectivity index (χ0v) is 10.0. The third-order valence-electron chi connectivity index (χ3n) is 3.09. The maximum absolute atomic E-state index is 10.3. The summed E-state index contributed by atoms with van der Waals surface area (Å²) in [5.41, 5.74) is 0.958. The Kier molecular flexibility index (Phi) is 3.20. The van der Waals surface area contributed by atoms with Crippen LogP contribution in [-0.2, 0) is 6.42 Å². The molecule has 0 spiro atoms. The molecule has 0 saturated carbocycles. The molecule has 0 aliphatic carbocycles. The van der Waals surface area contributed by atoms with Crippen LogP contribution in [0.25, 0.3) is 0 Å². The van der Waals surface area contributed by atoms with Crippen molar-refractivity contribution < 1.29 is 5.11 Å². The van der Waals surface area contributed by atoms with Gasteiger partial charge in [-0.15, -0.1) is 0 Å². The van der Waals surface area contributed by atoms with E-state index in [1.54, 1.807) is 11.3 Å². The van der Waals surface area contributed by atoms with Crippen LogP contribution < -0.4 is 0 Å². The lowest BCUT2D eigenvalue weighted by molar-refractivity contribution is 0.0375. The smallest absolute Gasteiger partial charge is 0.0774 e. The van der Waals surface area contributed by atoms with Crippen molar-refractivity contribution in [2.24, 2.45) is 0 Å². The number of thiophene rings is 1. The van der Waals surface area contributed by atoms with Gasteiger partial charge in [0.15, 0.2) is 0 Å². The molecule has 1 aromatic heterocycles. The first-order chi connectivity index (χ1) is 6.71. The van der Waals surface area contributed by atoms with Gasteiger partial charge in [-0.3, -0.25) is 0 Å². The van der Waals surface area contributed by atoms with Gasteiger partial charge in [0.2, 0.25) is 0 Å². The van der Waals surface area contributed by atoms with Gasteiger partial charge in [-0.25, -0.2) is 0 Å². The lowest BCUT2D eigenvalue weighted by Crippen LogP contribution is -2.34. The Hall–Kier alpha value is 0.01000. The molecule has 2 heterocycles. The molecule has 3 heteroatoms. The lowest BCUT2D eigenvalue weighted by Gasteiger charge is -2.26. The van der Waals surface area contributed by atoms with Crippen molar-refractivity contribution in [2.45, 2.75) is 37.0 Å². The number of hydrogen-bond donors (Lipinski definition) is 1. The molecule has 2 rings (SSSR count). The van der Waals surface area contributed by atoms with E-state index in [0.29, 0.717) is 5.25 Å². The molecule has 2 unspecified atom stereocenters. The van der Waals surface area contributed by atoms with Crippen LogP contribution >= 0.6 is 23.1 Å². The Labute approximate surface area is 93.5 Å². The van der Waals surface area contributed by atoms with Gasteiger partial charge < -0.3 is 5.11 Å². The molecule has 1 aliphatic rings. The molecule has 2 atom stereocenters. The number of aliphatic hydroxyl groups is 1. The van der Waals surface area contributed by atoms with E-state index in [0.717, 1.165) is 25.0 Å². The highest BCUT2D eigenvalue weighted by atomic mass is 32.2. The normalized spacial score (nSPS) is 32.3. The molecule has 1 aliphatic heterocycles. The van der Waals surface area contributed by atoms with Crippen molar-refractivity contribution in [2.75, 3.05) is 5.75 Å². The number of hydrogen-bond acceptors (Lipinski definition) is 3. The second-order valence-electron chi connectivity index (χ2n) is 4.00. The fourth-order valence-electron chi connectivity index (χ4n) is 1.89. The van der Waals surface area contributed by atoms with Crippen LogP contribution in [0.2, 0.25) is 0 Å². The van der Waals surface area contributed by atoms with Crippen molar-refractivity contribution in [3.63, 3.8) is 0 Å². The summed E-state index contributed by atoms with van der Waals surface area (Å²) in [5.74, 6) is 1.11. The molecule has 1 N–H and O–H groups in total. The fraction of sp³-hybridized carbons (Fsp3) is 0.636. The first-order valence-corrected chi connectivity index (χ1v) is 7.05. The van der Waals surface area contributed by atoms with Gasteiger partial charge in [0.05, 0.1) is 5.60 Å². The highest BCUT2D eigenvalue weighted by molar-refractivity contribution is 8.00. The Morgan fingerprint density at radius 3 is 3.07 bits per heavy atom. The Bertz CT molecular complexity index is 283. The van der Waals surface area contributed by atoms with E-state index in [4.69, 9.17) is 0 Å². The largest absolute Gasteiger partial charge is 0.389 e. The van der Waals surface area contributed by atoms with E-state index >= 15 is 0 Å². The molecule has 1 fully saturated rings. The van der Waals surface area contributed by atoms with E-state index in [1.807, 2.05) is 11.8 Å². The minimum atomic E-state index is -0.410. The molecule has 1 nitrogen and oxygen atoms in total. The molecule has 78 valence electrons. The Morgan fingerprint density at radius 1 is 1.64 bits per heavy atom. The van der Waals surface area contributed by atoms with E-state index in [-0.39, 0.29) is 0 Å². The zero-order chi connectivity index (χ0) is 10.0. The van der Waals surface area contributed by atoms with Crippen molar-refractivity contribution in [3.05, 3.63) is 22.4 Å². The third kappa shape index (κ3) is 2.15. The first kappa shape index (κ1) is 10.5. The van der Waals surface area contributed by atoms with Crippen molar-refractivity contribution in [1.82, 2.24) is 0 Å². The van der Waals surface area contributed by atoms with Gasteiger partial charge in [-0.05, 0) is 47.4 Å². The summed E-state index contributed by atoms with van der Waals surface area (Å²) in [7, 11) is 0. The minimum Gasteiger partial charge on any atom is -0.389 e. The Balaban J connectivity index is 1.91. The van der Waals surface area contributed by atoms with E-state index in [9.17, 15) is 5.11 Å². The molecule has 1 aromatic rings. The highest BCUT2D eigenvalue weighted by Crippen LogP contribution is 2.38. The van der Waals surface area contributed by atoms with Crippen LogP contribution in [0.15, 0.2) is 16.8 Å². The van der Waals surface area contributed by atoms with Gasteiger partial charge in [0.1, 0.15) is 0 Å². The molecule has 1 saturated heterocycles. The third-order valence-corrected chi connectivity index (χ3v) is 5.20. The summed E-state index contributed by atoms with van der Waals surface area (Å²) in [6.07, 6.45) is 2.89. The van der Waals surface area contributed by atoms with Gasteiger partial charge >= 0.3 is 0 Å². The molecular formula is C11H16OS2. The quantitative estimate of drug-likeness (QED) is 0.858. The summed E-state index contributed by atoms with van der Waals surface area (Å²) >= 11 is 3.63. The molecule has 14 heavy (non-hydrogen) atoms. The van der Waals surface area contributed by atoms with Gasteiger partial charge in [-0.2, -0.15) is 23.1 Å². The first-order valence-electron chi connectivity index (χ1n) is 5.06. The maximum Gasteiger partial charge on any atom is 0.0774 e. The van der Waals surface area contributed by atoms with Crippen molar-refractivity contribution >= 4 is 23.1 Å². The maximum atomic E-state index is 10.3. The summed E-state index contributed by atoms with van der Waals surface area (Å²) in [4.78, 5) is 0. The minimum absolute atomic E-state index is 0.404. The van der Waals surface area contributed by atoms with Gasteiger partial charge in [0, 0.05) is 5.25 Å². The Morgan fingerprint density at radius 2 is 2.50 bits per heavy atom. The van der Waals surface area contributed by atoms with E-state index < -0.39 is 5.60 Å². The van der Waals surface area contributed by atoms with Crippen LogP contribution in [0.5, 0.6) is 0 Å². The number of aryl methyl sites for hydroxylation is 1. The van der Waals surface area contributed by atoms with E-state index in [1.165, 1.54) is 5.56 Å². The monoisotopic (exact) mass is 228 g/mol. The van der Waals surface area contributed by atoms with Crippen LogP contribution in [0, 0.1) is 0 Å². The predicted octanol–water partition coefficient (Wildman–Crippen LogP) is 2.94. The SMILES string of the molecule is CC1SCCC1(O)CCc1ccsc1. The number of thioether (sulfide) groups is 1. The van der Waals surface area contributed by atoms with Crippen molar-refractivity contribution in [3.8, 4) is 0 Å². The second kappa shape index (κ2) is 4.25. The average Bonchev–Trinajstić information content (AvgIpc) is 2.75. The van der Waals surface area contributed by atoms with Crippen LogP contribution in [0.4, 0.5) is 0 Å². The summed E-state index contributed by atoms with van der Waals surface area (Å²) in [6.45, 7) is 2.14. The number of rotatable bonds is 3. The fourth-order valence-corrected chi connectivity index (χ4v) is 3.97. The van der Waals surface area contributed by atoms with E-state index in [2.05, 4.69) is 23.8 Å². The summed E-state index contributed by atoms with van der Waals surface area (Å²) in [5, 5.41) is 15.0. The molecular weight excluding hydrogens is 212 g/mol. The van der Waals surface area contributed by atoms with Crippen molar-refractivity contribution in [1.29, 1.82) is 0 Å². The van der Waals surface area contributed by atoms with Crippen LogP contribution in [-0.4, -0.2) is 21.7 Å². The standard InChI is InChI=1S/C11H16OS2/c1-9-11(12,5-7-14-9)4-2-10-3-6-13-8-10/h3,6,8-9,12H,2,4-5,7H2,1H3. The average molecular weight is 228 g/mol. The zero-order valence-electron chi connectivity index (χ0n) is 8.40. The topological polar surface area (TPSA) is 20.2 Å². The molecule has 0 radical (unpaired) electrons. The van der Waals surface area contributed by atoms with Gasteiger partial charge in [-0.1, -0.05) is 6.92 Å². The molecule has 0 bridgehead atoms. The van der Waals surface area contributed by atoms with Crippen LogP contribution in [0.1, 0.15) is 25.3 Å². The summed E-state index contributed by atoms with van der Waals surface area (Å²) in [6, 6.07) is 2.15. The molecule has 0 aromatic carbocycles. The van der Waals surface area contributed by atoms with Gasteiger partial charge in [0.25, 0.3) is 0 Å². The molecule has 0 amide bonds. The van der Waals surface area contributed by atoms with Crippen LogP contribution in [0.3, 0.4) is 0 Å². The lowest BCUT2D eigenvalue weighted by atomic mass is 9.90.